The number of hydrogen-bond acceptors (Lipinski definition) is 5. The maximum Gasteiger partial charge on any atom is 0.257 e. The standard InChI is InChI=1S/C22H23N3O3/c1-4-28-19-8-6-17(7-9-19)24-18-12-16(13-23-14-18)22(26)25-20-11-15(2)5-10-21(20)27-3/h5-14,24H,4H2,1-3H3,(H,25,26). The van der Waals surface area contributed by atoms with Crippen LogP contribution in [0.25, 0.3) is 0 Å². The Labute approximate surface area is 164 Å². The quantitative estimate of drug-likeness (QED) is 0.619. The number of rotatable bonds is 7. The second-order valence-electron chi connectivity index (χ2n) is 6.20. The predicted molar refractivity (Wildman–Crippen MR) is 111 cm³/mol. The van der Waals surface area contributed by atoms with Gasteiger partial charge in [0.05, 0.1) is 36.9 Å². The summed E-state index contributed by atoms with van der Waals surface area (Å²) in [5.41, 5.74) is 3.69. The van der Waals surface area contributed by atoms with Gasteiger partial charge >= 0.3 is 0 Å². The van der Waals surface area contributed by atoms with Gasteiger partial charge in [-0.1, -0.05) is 6.07 Å². The molecular formula is C22H23N3O3. The average Bonchev–Trinajstić information content (AvgIpc) is 2.70. The summed E-state index contributed by atoms with van der Waals surface area (Å²) in [5.74, 6) is 1.16. The first kappa shape index (κ1) is 19.2. The Kier molecular flexibility index (Phi) is 6.11. The van der Waals surface area contributed by atoms with Gasteiger partial charge in [0.15, 0.2) is 0 Å². The number of aromatic nitrogens is 1. The van der Waals surface area contributed by atoms with Crippen molar-refractivity contribution in [1.29, 1.82) is 0 Å². The van der Waals surface area contributed by atoms with Crippen molar-refractivity contribution >= 4 is 23.0 Å². The number of benzene rings is 2. The zero-order chi connectivity index (χ0) is 19.9. The van der Waals surface area contributed by atoms with Crippen LogP contribution in [0.5, 0.6) is 11.5 Å². The molecule has 0 fully saturated rings. The number of aryl methyl sites for hydroxylation is 1. The van der Waals surface area contributed by atoms with E-state index < -0.39 is 0 Å². The lowest BCUT2D eigenvalue weighted by Gasteiger charge is -2.12. The van der Waals surface area contributed by atoms with Crippen molar-refractivity contribution in [3.8, 4) is 11.5 Å². The van der Waals surface area contributed by atoms with Gasteiger partial charge in [0.2, 0.25) is 0 Å². The third kappa shape index (κ3) is 4.79. The Bertz CT molecular complexity index is 955. The van der Waals surface area contributed by atoms with Gasteiger partial charge in [0, 0.05) is 11.9 Å². The molecule has 0 aliphatic carbocycles. The molecule has 0 saturated carbocycles. The number of amides is 1. The van der Waals surface area contributed by atoms with Gasteiger partial charge in [0.25, 0.3) is 5.91 Å². The molecule has 2 N–H and O–H groups in total. The molecule has 144 valence electrons. The third-order valence-electron chi connectivity index (χ3n) is 4.06. The molecule has 0 radical (unpaired) electrons. The Hall–Kier alpha value is -3.54. The molecule has 3 rings (SSSR count). The second kappa shape index (κ2) is 8.90. The normalized spacial score (nSPS) is 10.2. The van der Waals surface area contributed by atoms with Crippen LogP contribution in [0, 0.1) is 6.92 Å². The minimum atomic E-state index is -0.258. The van der Waals surface area contributed by atoms with E-state index in [4.69, 9.17) is 9.47 Å². The van der Waals surface area contributed by atoms with Crippen LogP contribution in [0.3, 0.4) is 0 Å². The van der Waals surface area contributed by atoms with Gasteiger partial charge in [-0.3, -0.25) is 9.78 Å². The van der Waals surface area contributed by atoms with E-state index in [9.17, 15) is 4.79 Å². The molecule has 0 aliphatic rings. The molecule has 2 aromatic carbocycles. The predicted octanol–water partition coefficient (Wildman–Crippen LogP) is 4.79. The van der Waals surface area contributed by atoms with Crippen molar-refractivity contribution in [1.82, 2.24) is 4.98 Å². The number of ether oxygens (including phenoxy) is 2. The van der Waals surface area contributed by atoms with Crippen molar-refractivity contribution in [2.75, 3.05) is 24.4 Å². The molecule has 3 aromatic rings. The molecule has 0 aliphatic heterocycles. The zero-order valence-corrected chi connectivity index (χ0v) is 16.2. The molecule has 0 atom stereocenters. The lowest BCUT2D eigenvalue weighted by atomic mass is 10.2. The van der Waals surface area contributed by atoms with Crippen LogP contribution >= 0.6 is 0 Å². The van der Waals surface area contributed by atoms with E-state index in [-0.39, 0.29) is 5.91 Å². The van der Waals surface area contributed by atoms with E-state index in [1.165, 1.54) is 6.20 Å². The lowest BCUT2D eigenvalue weighted by Crippen LogP contribution is -2.13. The van der Waals surface area contributed by atoms with Crippen molar-refractivity contribution in [3.63, 3.8) is 0 Å². The Morgan fingerprint density at radius 1 is 1.04 bits per heavy atom. The van der Waals surface area contributed by atoms with Crippen LogP contribution in [0.4, 0.5) is 17.1 Å². The summed E-state index contributed by atoms with van der Waals surface area (Å²) < 4.78 is 10.8. The number of methoxy groups -OCH3 is 1. The average molecular weight is 377 g/mol. The van der Waals surface area contributed by atoms with Crippen LogP contribution < -0.4 is 20.1 Å². The maximum absolute atomic E-state index is 12.7. The van der Waals surface area contributed by atoms with E-state index in [2.05, 4.69) is 15.6 Å². The van der Waals surface area contributed by atoms with Gasteiger partial charge in [-0.2, -0.15) is 0 Å². The number of carbonyl (C=O) groups is 1. The van der Waals surface area contributed by atoms with Crippen molar-refractivity contribution in [2.45, 2.75) is 13.8 Å². The monoisotopic (exact) mass is 377 g/mol. The van der Waals surface area contributed by atoms with Gasteiger partial charge in [-0.25, -0.2) is 0 Å². The highest BCUT2D eigenvalue weighted by atomic mass is 16.5. The third-order valence-corrected chi connectivity index (χ3v) is 4.06. The van der Waals surface area contributed by atoms with Crippen LogP contribution in [-0.2, 0) is 0 Å². The molecule has 28 heavy (non-hydrogen) atoms. The van der Waals surface area contributed by atoms with E-state index in [1.807, 2.05) is 56.3 Å². The van der Waals surface area contributed by atoms with Gasteiger partial charge in [0.1, 0.15) is 11.5 Å². The highest BCUT2D eigenvalue weighted by Gasteiger charge is 2.11. The largest absolute Gasteiger partial charge is 0.495 e. The number of pyridine rings is 1. The molecule has 6 nitrogen and oxygen atoms in total. The fourth-order valence-corrected chi connectivity index (χ4v) is 2.71. The SMILES string of the molecule is CCOc1ccc(Nc2cncc(C(=O)Nc3cc(C)ccc3OC)c2)cc1. The summed E-state index contributed by atoms with van der Waals surface area (Å²) in [6, 6.07) is 15.0. The first-order valence-corrected chi connectivity index (χ1v) is 9.00. The summed E-state index contributed by atoms with van der Waals surface area (Å²) >= 11 is 0. The molecule has 0 spiro atoms. The topological polar surface area (TPSA) is 72.5 Å². The van der Waals surface area contributed by atoms with Crippen LogP contribution in [0.1, 0.15) is 22.8 Å². The number of hydrogen-bond donors (Lipinski definition) is 2. The fraction of sp³-hybridized carbons (Fsp3) is 0.182. The Balaban J connectivity index is 1.73. The number of anilines is 3. The van der Waals surface area contributed by atoms with E-state index in [0.717, 1.165) is 17.0 Å². The van der Waals surface area contributed by atoms with E-state index >= 15 is 0 Å². The van der Waals surface area contributed by atoms with Crippen LogP contribution in [-0.4, -0.2) is 24.6 Å². The van der Waals surface area contributed by atoms with Gasteiger partial charge < -0.3 is 20.1 Å². The van der Waals surface area contributed by atoms with Crippen molar-refractivity contribution in [2.24, 2.45) is 0 Å². The molecule has 1 aromatic heterocycles. The molecule has 0 bridgehead atoms. The molecule has 1 heterocycles. The Morgan fingerprint density at radius 2 is 1.82 bits per heavy atom. The van der Waals surface area contributed by atoms with E-state index in [0.29, 0.717) is 29.3 Å². The smallest absolute Gasteiger partial charge is 0.257 e. The number of carbonyl (C=O) groups excluding carboxylic acids is 1. The zero-order valence-electron chi connectivity index (χ0n) is 16.2. The van der Waals surface area contributed by atoms with Gasteiger partial charge in [-0.15, -0.1) is 0 Å². The molecule has 1 amide bonds. The van der Waals surface area contributed by atoms with Gasteiger partial charge in [-0.05, 0) is 61.9 Å². The minimum Gasteiger partial charge on any atom is -0.495 e. The summed E-state index contributed by atoms with van der Waals surface area (Å²) in [6.45, 7) is 4.53. The van der Waals surface area contributed by atoms with Crippen molar-refractivity contribution < 1.29 is 14.3 Å². The highest BCUT2D eigenvalue weighted by Crippen LogP contribution is 2.26. The summed E-state index contributed by atoms with van der Waals surface area (Å²) in [5, 5.41) is 6.12. The minimum absolute atomic E-state index is 0.258. The molecule has 6 heteroatoms. The summed E-state index contributed by atoms with van der Waals surface area (Å²) in [4.78, 5) is 16.8. The summed E-state index contributed by atoms with van der Waals surface area (Å²) in [6.07, 6.45) is 3.20. The maximum atomic E-state index is 12.7. The van der Waals surface area contributed by atoms with Crippen LogP contribution in [0.15, 0.2) is 60.9 Å². The molecule has 0 saturated heterocycles. The first-order chi connectivity index (χ1) is 13.6. The number of nitrogens with zero attached hydrogens (tertiary/aromatic N) is 1. The molecular weight excluding hydrogens is 354 g/mol. The molecule has 0 unspecified atom stereocenters. The van der Waals surface area contributed by atoms with E-state index in [1.54, 1.807) is 19.4 Å². The number of nitrogens with one attached hydrogen (secondary N) is 2. The first-order valence-electron chi connectivity index (χ1n) is 9.00. The lowest BCUT2D eigenvalue weighted by molar-refractivity contribution is 0.102. The Morgan fingerprint density at radius 3 is 2.54 bits per heavy atom. The fourth-order valence-electron chi connectivity index (χ4n) is 2.71. The van der Waals surface area contributed by atoms with Crippen LogP contribution in [0.2, 0.25) is 0 Å². The summed E-state index contributed by atoms with van der Waals surface area (Å²) in [7, 11) is 1.57. The van der Waals surface area contributed by atoms with Crippen molar-refractivity contribution in [3.05, 3.63) is 72.1 Å². The second-order valence-corrected chi connectivity index (χ2v) is 6.20. The highest BCUT2D eigenvalue weighted by molar-refractivity contribution is 6.05.